The summed E-state index contributed by atoms with van der Waals surface area (Å²) in [7, 11) is 1.65. The summed E-state index contributed by atoms with van der Waals surface area (Å²) in [5.74, 6) is 1.75. The highest BCUT2D eigenvalue weighted by Gasteiger charge is 2.32. The van der Waals surface area contributed by atoms with E-state index in [4.69, 9.17) is 19.8 Å². The van der Waals surface area contributed by atoms with E-state index in [0.717, 1.165) is 59.8 Å². The van der Waals surface area contributed by atoms with E-state index in [-0.39, 0.29) is 5.78 Å². The van der Waals surface area contributed by atoms with Gasteiger partial charge in [-0.25, -0.2) is 9.98 Å². The molecule has 1 aliphatic rings. The molecule has 0 saturated heterocycles. The van der Waals surface area contributed by atoms with Crippen molar-refractivity contribution in [1.82, 2.24) is 9.78 Å². The van der Waals surface area contributed by atoms with Crippen LogP contribution in [0.4, 0.5) is 17.2 Å². The first kappa shape index (κ1) is 25.4. The van der Waals surface area contributed by atoms with Crippen molar-refractivity contribution >= 4 is 34.5 Å². The van der Waals surface area contributed by atoms with Crippen LogP contribution in [0.3, 0.4) is 0 Å². The second kappa shape index (κ2) is 10.9. The number of ketones is 1. The van der Waals surface area contributed by atoms with E-state index in [2.05, 4.69) is 37.8 Å². The molecule has 1 aromatic heterocycles. The molecule has 1 aliphatic heterocycles. The molecule has 0 saturated carbocycles. The summed E-state index contributed by atoms with van der Waals surface area (Å²) in [4.78, 5) is 25.0. The molecule has 0 fully saturated rings. The van der Waals surface area contributed by atoms with Gasteiger partial charge in [0.05, 0.1) is 24.1 Å². The molecule has 0 bridgehead atoms. The molecule has 7 heteroatoms. The van der Waals surface area contributed by atoms with Crippen molar-refractivity contribution in [3.8, 4) is 16.9 Å². The minimum absolute atomic E-state index is 0.0612. The summed E-state index contributed by atoms with van der Waals surface area (Å²) in [6.07, 6.45) is 2.66. The molecule has 0 spiro atoms. The van der Waals surface area contributed by atoms with Crippen LogP contribution in [0, 0.1) is 13.8 Å². The van der Waals surface area contributed by atoms with Gasteiger partial charge in [0, 0.05) is 30.8 Å². The Morgan fingerprint density at radius 3 is 2.56 bits per heavy atom. The number of hydrogen-bond donors (Lipinski definition) is 0. The number of methoxy groups -OCH3 is 1. The van der Waals surface area contributed by atoms with Gasteiger partial charge >= 0.3 is 0 Å². The highest BCUT2D eigenvalue weighted by molar-refractivity contribution is 6.69. The lowest BCUT2D eigenvalue weighted by Gasteiger charge is -2.23. The Morgan fingerprint density at radius 2 is 1.89 bits per heavy atom. The predicted molar refractivity (Wildman–Crippen MR) is 148 cm³/mol. The molecule has 0 amide bonds. The SMILES string of the molecule is CCCCN(CC)c1ccc(N=C2C(C(=O)CC)=Nc3c(-c4ccccc4OC)c(C)nn32)c(C)c1. The van der Waals surface area contributed by atoms with E-state index < -0.39 is 0 Å². The molecular formula is C29H35N5O2. The zero-order chi connectivity index (χ0) is 25.8. The lowest BCUT2D eigenvalue weighted by Crippen LogP contribution is -2.26. The van der Waals surface area contributed by atoms with Crippen LogP contribution in [0.15, 0.2) is 52.4 Å². The van der Waals surface area contributed by atoms with E-state index in [0.29, 0.717) is 23.8 Å². The Hall–Kier alpha value is -3.74. The summed E-state index contributed by atoms with van der Waals surface area (Å²) >= 11 is 0. The number of anilines is 1. The number of benzene rings is 2. The number of nitrogens with zero attached hydrogens (tertiary/aromatic N) is 5. The molecule has 2 aromatic carbocycles. The van der Waals surface area contributed by atoms with Gasteiger partial charge in [-0.1, -0.05) is 38.5 Å². The molecular weight excluding hydrogens is 450 g/mol. The standard InChI is InChI=1S/C29H35N5O2/c1-7-10-17-33(9-3)21-15-16-23(19(4)18-21)30-29-27(24(35)8-2)31-28-26(20(5)32-34(28)29)22-13-11-12-14-25(22)36-6/h11-16,18H,7-10,17H2,1-6H3. The van der Waals surface area contributed by atoms with Gasteiger partial charge in [-0.2, -0.15) is 9.78 Å². The number of aryl methyl sites for hydroxylation is 2. The molecule has 0 aliphatic carbocycles. The molecule has 4 rings (SSSR count). The maximum absolute atomic E-state index is 12.9. The van der Waals surface area contributed by atoms with E-state index in [9.17, 15) is 4.79 Å². The molecule has 36 heavy (non-hydrogen) atoms. The molecule has 3 aromatic rings. The maximum atomic E-state index is 12.9. The van der Waals surface area contributed by atoms with Gasteiger partial charge in [-0.3, -0.25) is 4.79 Å². The third-order valence-electron chi connectivity index (χ3n) is 6.56. The molecule has 7 nitrogen and oxygen atoms in total. The van der Waals surface area contributed by atoms with Crippen LogP contribution in [-0.4, -0.2) is 47.3 Å². The monoisotopic (exact) mass is 485 g/mol. The van der Waals surface area contributed by atoms with Crippen molar-refractivity contribution < 1.29 is 9.53 Å². The number of fused-ring (bicyclic) bond motifs is 1. The quantitative estimate of drug-likeness (QED) is 0.331. The van der Waals surface area contributed by atoms with Crippen molar-refractivity contribution in [2.24, 2.45) is 9.98 Å². The minimum Gasteiger partial charge on any atom is -0.496 e. The normalized spacial score (nSPS) is 13.6. The molecule has 0 N–H and O–H groups in total. The van der Waals surface area contributed by atoms with E-state index in [1.54, 1.807) is 11.8 Å². The Morgan fingerprint density at radius 1 is 1.11 bits per heavy atom. The van der Waals surface area contributed by atoms with Gasteiger partial charge in [0.15, 0.2) is 23.1 Å². The van der Waals surface area contributed by atoms with Crippen LogP contribution < -0.4 is 9.64 Å². The minimum atomic E-state index is -0.0612. The maximum Gasteiger partial charge on any atom is 0.186 e. The number of Topliss-reactive ketones (excluding diaryl/α,β-unsaturated/α-hetero) is 1. The number of ether oxygens (including phenoxy) is 1. The average molecular weight is 486 g/mol. The first-order valence-electron chi connectivity index (χ1n) is 12.7. The van der Waals surface area contributed by atoms with E-state index in [1.807, 2.05) is 44.2 Å². The summed E-state index contributed by atoms with van der Waals surface area (Å²) in [6, 6.07) is 14.1. The Kier molecular flexibility index (Phi) is 7.67. The lowest BCUT2D eigenvalue weighted by atomic mass is 10.0. The summed E-state index contributed by atoms with van der Waals surface area (Å²) in [5.41, 5.74) is 5.91. The number of rotatable bonds is 10. The third-order valence-corrected chi connectivity index (χ3v) is 6.56. The second-order valence-electron chi connectivity index (χ2n) is 8.97. The van der Waals surface area contributed by atoms with Crippen molar-refractivity contribution in [2.75, 3.05) is 25.1 Å². The van der Waals surface area contributed by atoms with Crippen LogP contribution in [0.1, 0.15) is 51.3 Å². The summed E-state index contributed by atoms with van der Waals surface area (Å²) < 4.78 is 7.30. The fraction of sp³-hybridized carbons (Fsp3) is 0.379. The average Bonchev–Trinajstić information content (AvgIpc) is 3.39. The molecule has 0 unspecified atom stereocenters. The van der Waals surface area contributed by atoms with E-state index >= 15 is 0 Å². The Balaban J connectivity index is 1.81. The number of aliphatic imine (C=N–C) groups is 2. The predicted octanol–water partition coefficient (Wildman–Crippen LogP) is 6.45. The van der Waals surface area contributed by atoms with Crippen LogP contribution in [0.5, 0.6) is 5.75 Å². The molecule has 0 radical (unpaired) electrons. The molecule has 2 heterocycles. The first-order chi connectivity index (χ1) is 17.4. The van der Waals surface area contributed by atoms with Crippen LogP contribution in [-0.2, 0) is 4.79 Å². The zero-order valence-electron chi connectivity index (χ0n) is 22.1. The van der Waals surface area contributed by atoms with Gasteiger partial charge in [-0.15, -0.1) is 0 Å². The van der Waals surface area contributed by atoms with Gasteiger partial charge in [0.2, 0.25) is 0 Å². The van der Waals surface area contributed by atoms with Crippen LogP contribution in [0.2, 0.25) is 0 Å². The van der Waals surface area contributed by atoms with Gasteiger partial charge in [-0.05, 0) is 57.0 Å². The Labute approximate surface area is 213 Å². The fourth-order valence-corrected chi connectivity index (χ4v) is 4.54. The highest BCUT2D eigenvalue weighted by Crippen LogP contribution is 2.41. The highest BCUT2D eigenvalue weighted by atomic mass is 16.5. The smallest absolute Gasteiger partial charge is 0.186 e. The second-order valence-corrected chi connectivity index (χ2v) is 8.97. The summed E-state index contributed by atoms with van der Waals surface area (Å²) in [5, 5.41) is 4.77. The zero-order valence-corrected chi connectivity index (χ0v) is 22.1. The number of para-hydroxylation sites is 1. The summed E-state index contributed by atoms with van der Waals surface area (Å²) in [6.45, 7) is 12.2. The number of carbonyl (C=O) groups is 1. The molecule has 0 atom stereocenters. The lowest BCUT2D eigenvalue weighted by molar-refractivity contribution is -0.112. The van der Waals surface area contributed by atoms with Crippen molar-refractivity contribution in [3.63, 3.8) is 0 Å². The number of carbonyl (C=O) groups excluding carboxylic acids is 1. The largest absolute Gasteiger partial charge is 0.496 e. The van der Waals surface area contributed by atoms with Gasteiger partial charge in [0.1, 0.15) is 5.75 Å². The first-order valence-corrected chi connectivity index (χ1v) is 12.7. The topological polar surface area (TPSA) is 72.1 Å². The number of unbranched alkanes of at least 4 members (excludes halogenated alkanes) is 1. The third kappa shape index (κ3) is 4.70. The van der Waals surface area contributed by atoms with Crippen molar-refractivity contribution in [1.29, 1.82) is 0 Å². The van der Waals surface area contributed by atoms with Gasteiger partial charge in [0.25, 0.3) is 0 Å². The number of hydrogen-bond acceptors (Lipinski definition) is 6. The van der Waals surface area contributed by atoms with Crippen LogP contribution in [0.25, 0.3) is 11.1 Å². The van der Waals surface area contributed by atoms with Crippen molar-refractivity contribution in [2.45, 2.75) is 53.9 Å². The molecule has 188 valence electrons. The van der Waals surface area contributed by atoms with Crippen LogP contribution >= 0.6 is 0 Å². The number of aromatic nitrogens is 2. The Bertz CT molecular complexity index is 1340. The fourth-order valence-electron chi connectivity index (χ4n) is 4.54. The van der Waals surface area contributed by atoms with Crippen molar-refractivity contribution in [3.05, 3.63) is 53.7 Å². The van der Waals surface area contributed by atoms with E-state index in [1.165, 1.54) is 5.69 Å². The van der Waals surface area contributed by atoms with Gasteiger partial charge < -0.3 is 9.64 Å².